The number of nitrogens with zero attached hydrogens (tertiary/aromatic N) is 1. The monoisotopic (exact) mass is 429 g/mol. The van der Waals surface area contributed by atoms with E-state index in [1.807, 2.05) is 6.92 Å². The molecule has 4 rings (SSSR count). The largest absolute Gasteiger partial charge is 0.494 e. The minimum Gasteiger partial charge on any atom is -0.494 e. The van der Waals surface area contributed by atoms with E-state index in [0.29, 0.717) is 23.6 Å². The third-order valence-corrected chi connectivity index (χ3v) is 4.96. The summed E-state index contributed by atoms with van der Waals surface area (Å²) in [4.78, 5) is 51.3. The standard InChI is InChI=1S/C25H19NO6/c1-2-31-19-11-9-18(10-12-19)26-23(28)20-13-8-17(14-21(20)24(26)29)25(30)32-15-22(27)16-6-4-3-5-7-16/h3-14H,2,15H2,1H3. The molecule has 160 valence electrons. The average molecular weight is 429 g/mol. The van der Waals surface area contributed by atoms with Gasteiger partial charge >= 0.3 is 5.97 Å². The number of amides is 2. The lowest BCUT2D eigenvalue weighted by Gasteiger charge is -2.14. The number of rotatable bonds is 7. The third-order valence-electron chi connectivity index (χ3n) is 4.96. The topological polar surface area (TPSA) is 90.0 Å². The fourth-order valence-electron chi connectivity index (χ4n) is 3.38. The molecule has 0 atom stereocenters. The molecule has 0 radical (unpaired) electrons. The van der Waals surface area contributed by atoms with E-state index in [2.05, 4.69) is 0 Å². The van der Waals surface area contributed by atoms with Gasteiger partial charge in [-0.3, -0.25) is 14.4 Å². The fourth-order valence-corrected chi connectivity index (χ4v) is 3.38. The van der Waals surface area contributed by atoms with Gasteiger partial charge in [-0.2, -0.15) is 0 Å². The summed E-state index contributed by atoms with van der Waals surface area (Å²) in [5.74, 6) is -1.48. The van der Waals surface area contributed by atoms with Gasteiger partial charge in [0.1, 0.15) is 5.75 Å². The summed E-state index contributed by atoms with van der Waals surface area (Å²) in [5.41, 5.74) is 1.21. The Balaban J connectivity index is 1.49. The zero-order valence-corrected chi connectivity index (χ0v) is 17.2. The number of fused-ring (bicyclic) bond motifs is 1. The lowest BCUT2D eigenvalue weighted by molar-refractivity contribution is 0.0474. The summed E-state index contributed by atoms with van der Waals surface area (Å²) in [6.45, 7) is 1.94. The number of ether oxygens (including phenoxy) is 2. The normalized spacial score (nSPS) is 12.5. The first-order valence-corrected chi connectivity index (χ1v) is 10.0. The maximum Gasteiger partial charge on any atom is 0.338 e. The highest BCUT2D eigenvalue weighted by molar-refractivity contribution is 6.34. The van der Waals surface area contributed by atoms with Crippen LogP contribution in [-0.2, 0) is 4.74 Å². The average Bonchev–Trinajstić information content (AvgIpc) is 3.08. The molecule has 0 aromatic heterocycles. The number of hydrogen-bond donors (Lipinski definition) is 0. The van der Waals surface area contributed by atoms with Crippen LogP contribution in [0.4, 0.5) is 5.69 Å². The van der Waals surface area contributed by atoms with Crippen LogP contribution in [0.5, 0.6) is 5.75 Å². The molecule has 0 spiro atoms. The molecule has 3 aromatic carbocycles. The number of Topliss-reactive ketones (excluding diaryl/α,β-unsaturated/α-hetero) is 1. The van der Waals surface area contributed by atoms with Crippen LogP contribution in [0.2, 0.25) is 0 Å². The van der Waals surface area contributed by atoms with Crippen molar-refractivity contribution in [1.82, 2.24) is 0 Å². The van der Waals surface area contributed by atoms with Gasteiger partial charge < -0.3 is 9.47 Å². The molecule has 0 saturated carbocycles. The van der Waals surface area contributed by atoms with Gasteiger partial charge in [0.05, 0.1) is 29.0 Å². The quantitative estimate of drug-likeness (QED) is 0.321. The summed E-state index contributed by atoms with van der Waals surface area (Å²) in [6, 6.07) is 19.2. The van der Waals surface area contributed by atoms with E-state index in [1.54, 1.807) is 54.6 Å². The second-order valence-corrected chi connectivity index (χ2v) is 7.00. The Morgan fingerprint density at radius 3 is 2.19 bits per heavy atom. The number of esters is 1. The number of carbonyl (C=O) groups is 4. The number of hydrogen-bond acceptors (Lipinski definition) is 6. The number of anilines is 1. The van der Waals surface area contributed by atoms with Crippen molar-refractivity contribution in [3.05, 3.63) is 95.1 Å². The Labute approximate surface area is 184 Å². The molecular formula is C25H19NO6. The molecule has 2 amide bonds. The number of benzene rings is 3. The molecule has 0 unspecified atom stereocenters. The minimum absolute atomic E-state index is 0.0827. The fraction of sp³-hybridized carbons (Fsp3) is 0.120. The summed E-state index contributed by atoms with van der Waals surface area (Å²) < 4.78 is 10.5. The van der Waals surface area contributed by atoms with Gasteiger partial charge in [0.2, 0.25) is 0 Å². The minimum atomic E-state index is -0.753. The van der Waals surface area contributed by atoms with Crippen LogP contribution < -0.4 is 9.64 Å². The van der Waals surface area contributed by atoms with Crippen LogP contribution in [0.3, 0.4) is 0 Å². The molecule has 0 N–H and O–H groups in total. The van der Waals surface area contributed by atoms with E-state index in [1.165, 1.54) is 18.2 Å². The highest BCUT2D eigenvalue weighted by Crippen LogP contribution is 2.30. The first kappa shape index (κ1) is 21.0. The lowest BCUT2D eigenvalue weighted by Crippen LogP contribution is -2.29. The second kappa shape index (κ2) is 8.85. The summed E-state index contributed by atoms with van der Waals surface area (Å²) in [5, 5.41) is 0. The molecule has 32 heavy (non-hydrogen) atoms. The van der Waals surface area contributed by atoms with Crippen LogP contribution in [0, 0.1) is 0 Å². The first-order valence-electron chi connectivity index (χ1n) is 10.0. The predicted octanol–water partition coefficient (Wildman–Crippen LogP) is 3.93. The third kappa shape index (κ3) is 4.00. The van der Waals surface area contributed by atoms with E-state index in [4.69, 9.17) is 9.47 Å². The maximum atomic E-state index is 12.9. The number of imide groups is 1. The number of carbonyl (C=O) groups excluding carboxylic acids is 4. The van der Waals surface area contributed by atoms with E-state index >= 15 is 0 Å². The van der Waals surface area contributed by atoms with Crippen molar-refractivity contribution < 1.29 is 28.7 Å². The Morgan fingerprint density at radius 2 is 1.50 bits per heavy atom. The molecule has 0 bridgehead atoms. The summed E-state index contributed by atoms with van der Waals surface area (Å²) >= 11 is 0. The van der Waals surface area contributed by atoms with Crippen LogP contribution in [0.1, 0.15) is 48.4 Å². The molecule has 1 heterocycles. The van der Waals surface area contributed by atoms with Gasteiger partial charge in [-0.25, -0.2) is 9.69 Å². The number of ketones is 1. The summed E-state index contributed by atoms with van der Waals surface area (Å²) in [7, 11) is 0. The zero-order chi connectivity index (χ0) is 22.7. The van der Waals surface area contributed by atoms with Crippen LogP contribution in [-0.4, -0.2) is 36.8 Å². The molecule has 3 aromatic rings. The van der Waals surface area contributed by atoms with Crippen LogP contribution in [0.25, 0.3) is 0 Å². The lowest BCUT2D eigenvalue weighted by atomic mass is 10.1. The highest BCUT2D eigenvalue weighted by Gasteiger charge is 2.37. The van der Waals surface area contributed by atoms with Crippen molar-refractivity contribution in [1.29, 1.82) is 0 Å². The SMILES string of the molecule is CCOc1ccc(N2C(=O)c3ccc(C(=O)OCC(=O)c4ccccc4)cc3C2=O)cc1. The van der Waals surface area contributed by atoms with E-state index in [-0.39, 0.29) is 22.5 Å². The zero-order valence-electron chi connectivity index (χ0n) is 17.2. The smallest absolute Gasteiger partial charge is 0.338 e. The maximum absolute atomic E-state index is 12.9. The predicted molar refractivity (Wildman–Crippen MR) is 116 cm³/mol. The molecule has 0 fully saturated rings. The second-order valence-electron chi connectivity index (χ2n) is 7.00. The van der Waals surface area contributed by atoms with E-state index in [0.717, 1.165) is 4.90 Å². The first-order chi connectivity index (χ1) is 15.5. The van der Waals surface area contributed by atoms with Crippen molar-refractivity contribution in [2.75, 3.05) is 18.1 Å². The molecule has 7 nitrogen and oxygen atoms in total. The van der Waals surface area contributed by atoms with Gasteiger partial charge in [-0.15, -0.1) is 0 Å². The molecule has 1 aliphatic heterocycles. The van der Waals surface area contributed by atoms with Gasteiger partial charge in [-0.05, 0) is 49.4 Å². The van der Waals surface area contributed by atoms with Gasteiger partial charge in [0.15, 0.2) is 12.4 Å². The van der Waals surface area contributed by atoms with Crippen molar-refractivity contribution in [3.63, 3.8) is 0 Å². The Morgan fingerprint density at radius 1 is 0.812 bits per heavy atom. The van der Waals surface area contributed by atoms with E-state index < -0.39 is 24.4 Å². The van der Waals surface area contributed by atoms with Gasteiger partial charge in [0, 0.05) is 5.56 Å². The molecule has 0 saturated heterocycles. The van der Waals surface area contributed by atoms with E-state index in [9.17, 15) is 19.2 Å². The van der Waals surface area contributed by atoms with Crippen molar-refractivity contribution in [2.45, 2.75) is 6.92 Å². The van der Waals surface area contributed by atoms with Crippen molar-refractivity contribution in [2.24, 2.45) is 0 Å². The molecular weight excluding hydrogens is 410 g/mol. The van der Waals surface area contributed by atoms with Crippen molar-refractivity contribution >= 4 is 29.3 Å². The van der Waals surface area contributed by atoms with Crippen LogP contribution >= 0.6 is 0 Å². The Hall–Kier alpha value is -4.26. The Kier molecular flexibility index (Phi) is 5.81. The molecule has 1 aliphatic rings. The van der Waals surface area contributed by atoms with Crippen LogP contribution in [0.15, 0.2) is 72.8 Å². The highest BCUT2D eigenvalue weighted by atomic mass is 16.5. The molecule has 0 aliphatic carbocycles. The molecule has 7 heteroatoms. The van der Waals surface area contributed by atoms with Gasteiger partial charge in [-0.1, -0.05) is 30.3 Å². The Bertz CT molecular complexity index is 1200. The van der Waals surface area contributed by atoms with Gasteiger partial charge in [0.25, 0.3) is 11.8 Å². The summed E-state index contributed by atoms with van der Waals surface area (Å²) in [6.07, 6.45) is 0. The van der Waals surface area contributed by atoms with Crippen molar-refractivity contribution in [3.8, 4) is 5.75 Å².